The number of nitrogens with zero attached hydrogens (tertiary/aromatic N) is 2. The number of fused-ring (bicyclic) bond motifs is 1. The largest absolute Gasteiger partial charge is 0.391 e. The average Bonchev–Trinajstić information content (AvgIpc) is 2.89. The molecule has 0 unspecified atom stereocenters. The van der Waals surface area contributed by atoms with Crippen LogP contribution < -0.4 is 16.6 Å². The van der Waals surface area contributed by atoms with Gasteiger partial charge in [-0.1, -0.05) is 18.2 Å². The van der Waals surface area contributed by atoms with Gasteiger partial charge in [-0.05, 0) is 18.9 Å². The fourth-order valence-electron chi connectivity index (χ4n) is 2.98. The van der Waals surface area contributed by atoms with Gasteiger partial charge in [-0.25, -0.2) is 4.68 Å². The Morgan fingerprint density at radius 1 is 1.39 bits per heavy atom. The molecule has 1 aromatic heterocycles. The van der Waals surface area contributed by atoms with Crippen molar-refractivity contribution in [2.45, 2.75) is 31.5 Å². The molecule has 1 amide bonds. The third kappa shape index (κ3) is 3.25. The molecule has 2 aromatic rings. The summed E-state index contributed by atoms with van der Waals surface area (Å²) in [6.45, 7) is 0.614. The first-order valence-electron chi connectivity index (χ1n) is 7.72. The summed E-state index contributed by atoms with van der Waals surface area (Å²) in [5.74, 6) is -0.396. The van der Waals surface area contributed by atoms with Crippen molar-refractivity contribution in [3.63, 3.8) is 0 Å². The number of hydrogen-bond acceptors (Lipinski definition) is 5. The maximum absolute atomic E-state index is 12.3. The van der Waals surface area contributed by atoms with Crippen molar-refractivity contribution in [1.29, 1.82) is 0 Å². The highest BCUT2D eigenvalue weighted by Gasteiger charge is 2.34. The van der Waals surface area contributed by atoms with Gasteiger partial charge in [0, 0.05) is 23.9 Å². The lowest BCUT2D eigenvalue weighted by atomic mass is 10.1. The predicted octanol–water partition coefficient (Wildman–Crippen LogP) is -0.389. The van der Waals surface area contributed by atoms with Crippen molar-refractivity contribution in [3.05, 3.63) is 40.8 Å². The van der Waals surface area contributed by atoms with Gasteiger partial charge in [0.2, 0.25) is 5.91 Å². The van der Waals surface area contributed by atoms with Crippen molar-refractivity contribution < 1.29 is 9.90 Å². The Morgan fingerprint density at radius 2 is 2.17 bits per heavy atom. The first-order chi connectivity index (χ1) is 11.1. The van der Waals surface area contributed by atoms with Crippen LogP contribution in [-0.2, 0) is 11.3 Å². The summed E-state index contributed by atoms with van der Waals surface area (Å²) < 4.78 is 1.35. The van der Waals surface area contributed by atoms with Crippen molar-refractivity contribution in [2.24, 2.45) is 11.7 Å². The molecule has 1 saturated carbocycles. The molecule has 4 N–H and O–H groups in total. The summed E-state index contributed by atoms with van der Waals surface area (Å²) in [4.78, 5) is 24.3. The zero-order chi connectivity index (χ0) is 16.4. The van der Waals surface area contributed by atoms with E-state index in [1.165, 1.54) is 4.68 Å². The lowest BCUT2D eigenvalue weighted by Crippen LogP contribution is -2.35. The highest BCUT2D eigenvalue weighted by Crippen LogP contribution is 2.24. The van der Waals surface area contributed by atoms with Gasteiger partial charge in [0.1, 0.15) is 0 Å². The van der Waals surface area contributed by atoms with Crippen LogP contribution in [0.1, 0.15) is 12.8 Å². The molecule has 7 nitrogen and oxygen atoms in total. The molecule has 1 aliphatic carbocycles. The van der Waals surface area contributed by atoms with E-state index in [1.54, 1.807) is 12.3 Å². The molecule has 0 spiro atoms. The van der Waals surface area contributed by atoms with Crippen LogP contribution in [-0.4, -0.2) is 39.5 Å². The first kappa shape index (κ1) is 15.6. The maximum atomic E-state index is 12.3. The van der Waals surface area contributed by atoms with Crippen LogP contribution >= 0.6 is 0 Å². The number of amides is 1. The Morgan fingerprint density at radius 3 is 2.91 bits per heavy atom. The van der Waals surface area contributed by atoms with Gasteiger partial charge < -0.3 is 16.2 Å². The smallest absolute Gasteiger partial charge is 0.274 e. The van der Waals surface area contributed by atoms with E-state index in [-0.39, 0.29) is 23.4 Å². The molecule has 0 saturated heterocycles. The van der Waals surface area contributed by atoms with E-state index in [0.29, 0.717) is 31.3 Å². The Balaban J connectivity index is 1.60. The second-order valence-corrected chi connectivity index (χ2v) is 5.95. The van der Waals surface area contributed by atoms with E-state index in [0.717, 1.165) is 5.39 Å². The SMILES string of the molecule is N[C@@H]1C[C@H](C(=O)NCCn2ncc3ccccc3c2=O)C[C@H]1O. The van der Waals surface area contributed by atoms with E-state index in [9.17, 15) is 14.7 Å². The van der Waals surface area contributed by atoms with Gasteiger partial charge in [-0.3, -0.25) is 9.59 Å². The Labute approximate surface area is 133 Å². The summed E-state index contributed by atoms with van der Waals surface area (Å²) in [5.41, 5.74) is 5.54. The standard InChI is InChI=1S/C16H20N4O3/c17-13-7-11(8-14(13)21)15(22)18-5-6-20-16(23)12-4-2-1-3-10(12)9-19-20/h1-4,9,11,13-14,21H,5-8,17H2,(H,18,22)/t11-,13+,14+/m0/s1. The monoisotopic (exact) mass is 316 g/mol. The van der Waals surface area contributed by atoms with Crippen molar-refractivity contribution in [3.8, 4) is 0 Å². The van der Waals surface area contributed by atoms with Gasteiger partial charge in [-0.15, -0.1) is 0 Å². The lowest BCUT2D eigenvalue weighted by molar-refractivity contribution is -0.125. The minimum absolute atomic E-state index is 0.133. The molecule has 7 heteroatoms. The Kier molecular flexibility index (Phi) is 4.40. The van der Waals surface area contributed by atoms with Crippen LogP contribution in [0.2, 0.25) is 0 Å². The minimum atomic E-state index is -0.615. The molecule has 23 heavy (non-hydrogen) atoms. The van der Waals surface area contributed by atoms with E-state index in [4.69, 9.17) is 5.73 Å². The molecule has 1 fully saturated rings. The van der Waals surface area contributed by atoms with Gasteiger partial charge in [0.15, 0.2) is 0 Å². The fraction of sp³-hybridized carbons (Fsp3) is 0.438. The van der Waals surface area contributed by atoms with Crippen LogP contribution in [0.3, 0.4) is 0 Å². The topological polar surface area (TPSA) is 110 Å². The number of nitrogens with two attached hydrogens (primary N) is 1. The summed E-state index contributed by atoms with van der Waals surface area (Å²) in [7, 11) is 0. The van der Waals surface area contributed by atoms with E-state index in [2.05, 4.69) is 10.4 Å². The van der Waals surface area contributed by atoms with Gasteiger partial charge in [-0.2, -0.15) is 5.10 Å². The van der Waals surface area contributed by atoms with E-state index < -0.39 is 6.10 Å². The molecule has 0 radical (unpaired) electrons. The maximum Gasteiger partial charge on any atom is 0.274 e. The summed E-state index contributed by atoms with van der Waals surface area (Å²) >= 11 is 0. The zero-order valence-electron chi connectivity index (χ0n) is 12.7. The molecule has 1 heterocycles. The molecule has 1 aliphatic rings. The quantitative estimate of drug-likeness (QED) is 0.711. The molecule has 3 atom stereocenters. The number of benzene rings is 1. The highest BCUT2D eigenvalue weighted by atomic mass is 16.3. The van der Waals surface area contributed by atoms with Crippen LogP contribution in [0, 0.1) is 5.92 Å². The molecule has 3 rings (SSSR count). The third-order valence-corrected chi connectivity index (χ3v) is 4.33. The molecule has 0 bridgehead atoms. The number of aliphatic hydroxyl groups is 1. The number of aromatic nitrogens is 2. The molecular weight excluding hydrogens is 296 g/mol. The van der Waals surface area contributed by atoms with Crippen molar-refractivity contribution >= 4 is 16.7 Å². The second-order valence-electron chi connectivity index (χ2n) is 5.95. The second kappa shape index (κ2) is 6.47. The Bertz CT molecular complexity index is 763. The lowest BCUT2D eigenvalue weighted by Gasteiger charge is -2.11. The third-order valence-electron chi connectivity index (χ3n) is 4.33. The Hall–Kier alpha value is -2.25. The van der Waals surface area contributed by atoms with Crippen LogP contribution in [0.15, 0.2) is 35.3 Å². The van der Waals surface area contributed by atoms with E-state index >= 15 is 0 Å². The number of carbonyl (C=O) groups is 1. The zero-order valence-corrected chi connectivity index (χ0v) is 12.7. The number of carbonyl (C=O) groups excluding carboxylic acids is 1. The van der Waals surface area contributed by atoms with Gasteiger partial charge >= 0.3 is 0 Å². The first-order valence-corrected chi connectivity index (χ1v) is 7.72. The molecule has 1 aromatic carbocycles. The normalized spacial score (nSPS) is 24.0. The number of hydrogen-bond donors (Lipinski definition) is 3. The summed E-state index contributed by atoms with van der Waals surface area (Å²) in [6.07, 6.45) is 1.91. The summed E-state index contributed by atoms with van der Waals surface area (Å²) in [6, 6.07) is 6.93. The number of nitrogens with one attached hydrogen (secondary N) is 1. The minimum Gasteiger partial charge on any atom is -0.391 e. The molecular formula is C16H20N4O3. The number of aliphatic hydroxyl groups excluding tert-OH is 1. The van der Waals surface area contributed by atoms with Gasteiger partial charge in [0.25, 0.3) is 5.56 Å². The van der Waals surface area contributed by atoms with Crippen LogP contribution in [0.25, 0.3) is 10.8 Å². The number of rotatable bonds is 4. The van der Waals surface area contributed by atoms with Crippen molar-refractivity contribution in [2.75, 3.05) is 6.54 Å². The van der Waals surface area contributed by atoms with Gasteiger partial charge in [0.05, 0.1) is 24.2 Å². The van der Waals surface area contributed by atoms with Crippen LogP contribution in [0.4, 0.5) is 0 Å². The molecule has 122 valence electrons. The van der Waals surface area contributed by atoms with Crippen molar-refractivity contribution in [1.82, 2.24) is 15.1 Å². The average molecular weight is 316 g/mol. The highest BCUT2D eigenvalue weighted by molar-refractivity contribution is 5.80. The summed E-state index contributed by atoms with van der Waals surface area (Å²) in [5, 5.41) is 17.9. The molecule has 0 aliphatic heterocycles. The predicted molar refractivity (Wildman–Crippen MR) is 85.7 cm³/mol. The van der Waals surface area contributed by atoms with E-state index in [1.807, 2.05) is 18.2 Å². The fourth-order valence-corrected chi connectivity index (χ4v) is 2.98. The van der Waals surface area contributed by atoms with Crippen LogP contribution in [0.5, 0.6) is 0 Å².